The molecule has 2 N–H and O–H groups in total. The summed E-state index contributed by atoms with van der Waals surface area (Å²) in [5.74, 6) is 2.47. The number of rotatable bonds is 6. The summed E-state index contributed by atoms with van der Waals surface area (Å²) in [4.78, 5) is 6.81. The van der Waals surface area contributed by atoms with Crippen LogP contribution in [0.5, 0.6) is 0 Å². The van der Waals surface area contributed by atoms with E-state index in [-0.39, 0.29) is 5.60 Å². The predicted molar refractivity (Wildman–Crippen MR) is 89.8 cm³/mol. The Morgan fingerprint density at radius 3 is 2.38 bits per heavy atom. The van der Waals surface area contributed by atoms with Crippen LogP contribution in [0, 0.1) is 11.8 Å². The van der Waals surface area contributed by atoms with Gasteiger partial charge in [0.05, 0.1) is 5.60 Å². The molecule has 0 radical (unpaired) electrons. The molecule has 5 nitrogen and oxygen atoms in total. The van der Waals surface area contributed by atoms with Crippen LogP contribution in [0.2, 0.25) is 0 Å². The van der Waals surface area contributed by atoms with E-state index in [2.05, 4.69) is 48.2 Å². The Bertz CT molecular complexity index is 320. The van der Waals surface area contributed by atoms with E-state index in [0.717, 1.165) is 37.4 Å². The van der Waals surface area contributed by atoms with Gasteiger partial charge in [0, 0.05) is 46.9 Å². The molecule has 0 aliphatic carbocycles. The molecule has 124 valence electrons. The minimum atomic E-state index is -0.185. The van der Waals surface area contributed by atoms with Crippen LogP contribution >= 0.6 is 0 Å². The lowest BCUT2D eigenvalue weighted by molar-refractivity contribution is 0.0268. The molecule has 0 aromatic rings. The molecule has 1 aliphatic rings. The number of ether oxygens (including phenoxy) is 1. The molecule has 2 unspecified atom stereocenters. The van der Waals surface area contributed by atoms with Crippen LogP contribution < -0.4 is 10.6 Å². The van der Waals surface area contributed by atoms with Gasteiger partial charge in [-0.05, 0) is 32.1 Å². The predicted octanol–water partition coefficient (Wildman–Crippen LogP) is 1.55. The average molecular weight is 298 g/mol. The SMILES string of the molecule is CN=C(NCCN1CC(C)CC(C)C1)NCC(C)(C)OC. The Kier molecular flexibility index (Phi) is 7.46. The monoisotopic (exact) mass is 298 g/mol. The van der Waals surface area contributed by atoms with Crippen LogP contribution in [-0.2, 0) is 4.74 Å². The molecule has 1 heterocycles. The fraction of sp³-hybridized carbons (Fsp3) is 0.938. The van der Waals surface area contributed by atoms with E-state index in [0.29, 0.717) is 0 Å². The number of nitrogens with zero attached hydrogens (tertiary/aromatic N) is 2. The van der Waals surface area contributed by atoms with Gasteiger partial charge in [-0.1, -0.05) is 13.8 Å². The molecule has 0 saturated carbocycles. The molecule has 0 aromatic heterocycles. The van der Waals surface area contributed by atoms with E-state index < -0.39 is 0 Å². The Hall–Kier alpha value is -0.810. The molecule has 1 rings (SSSR count). The maximum Gasteiger partial charge on any atom is 0.191 e. The molecule has 1 fully saturated rings. The number of methoxy groups -OCH3 is 1. The Morgan fingerprint density at radius 1 is 1.24 bits per heavy atom. The molecule has 1 aliphatic heterocycles. The first-order valence-electron chi connectivity index (χ1n) is 8.08. The highest BCUT2D eigenvalue weighted by atomic mass is 16.5. The average Bonchev–Trinajstić information content (AvgIpc) is 2.41. The van der Waals surface area contributed by atoms with Crippen LogP contribution in [0.4, 0.5) is 0 Å². The van der Waals surface area contributed by atoms with E-state index in [9.17, 15) is 0 Å². The van der Waals surface area contributed by atoms with Crippen molar-refractivity contribution in [3.8, 4) is 0 Å². The van der Waals surface area contributed by atoms with Crippen molar-refractivity contribution in [2.45, 2.75) is 39.7 Å². The maximum absolute atomic E-state index is 5.40. The van der Waals surface area contributed by atoms with Crippen LogP contribution in [-0.4, -0.2) is 63.3 Å². The van der Waals surface area contributed by atoms with Gasteiger partial charge in [-0.2, -0.15) is 0 Å². The largest absolute Gasteiger partial charge is 0.377 e. The number of nitrogens with one attached hydrogen (secondary N) is 2. The van der Waals surface area contributed by atoms with Gasteiger partial charge in [0.25, 0.3) is 0 Å². The number of guanidine groups is 1. The summed E-state index contributed by atoms with van der Waals surface area (Å²) in [6.45, 7) is 14.0. The second kappa shape index (κ2) is 8.59. The summed E-state index contributed by atoms with van der Waals surface area (Å²) >= 11 is 0. The van der Waals surface area contributed by atoms with Gasteiger partial charge in [0.1, 0.15) is 0 Å². The van der Waals surface area contributed by atoms with Crippen LogP contribution in [0.25, 0.3) is 0 Å². The summed E-state index contributed by atoms with van der Waals surface area (Å²) in [6, 6.07) is 0. The minimum absolute atomic E-state index is 0.185. The summed E-state index contributed by atoms with van der Waals surface area (Å²) in [6.07, 6.45) is 1.36. The van der Waals surface area contributed by atoms with Crippen molar-refractivity contribution in [1.82, 2.24) is 15.5 Å². The second-order valence-corrected chi connectivity index (χ2v) is 7.02. The lowest BCUT2D eigenvalue weighted by Gasteiger charge is -2.35. The highest BCUT2D eigenvalue weighted by molar-refractivity contribution is 5.79. The highest BCUT2D eigenvalue weighted by Gasteiger charge is 2.21. The van der Waals surface area contributed by atoms with Crippen molar-refractivity contribution in [3.05, 3.63) is 0 Å². The van der Waals surface area contributed by atoms with Crippen LogP contribution in [0.1, 0.15) is 34.1 Å². The molecule has 0 spiro atoms. The van der Waals surface area contributed by atoms with Gasteiger partial charge in [-0.3, -0.25) is 4.99 Å². The molecular formula is C16H34N4O. The zero-order chi connectivity index (χ0) is 15.9. The van der Waals surface area contributed by atoms with E-state index in [4.69, 9.17) is 4.74 Å². The van der Waals surface area contributed by atoms with E-state index in [1.54, 1.807) is 14.2 Å². The van der Waals surface area contributed by atoms with Crippen molar-refractivity contribution in [1.29, 1.82) is 0 Å². The second-order valence-electron chi connectivity index (χ2n) is 7.02. The smallest absolute Gasteiger partial charge is 0.191 e. The summed E-state index contributed by atoms with van der Waals surface area (Å²) in [7, 11) is 3.54. The van der Waals surface area contributed by atoms with Gasteiger partial charge in [-0.25, -0.2) is 0 Å². The molecule has 0 amide bonds. The number of hydrogen-bond acceptors (Lipinski definition) is 3. The molecule has 0 aromatic carbocycles. The first-order valence-corrected chi connectivity index (χ1v) is 8.08. The lowest BCUT2D eigenvalue weighted by Crippen LogP contribution is -2.48. The lowest BCUT2D eigenvalue weighted by atomic mass is 9.92. The molecule has 0 bridgehead atoms. The first kappa shape index (κ1) is 18.2. The third kappa shape index (κ3) is 7.14. The third-order valence-electron chi connectivity index (χ3n) is 4.12. The Balaban J connectivity index is 2.26. The van der Waals surface area contributed by atoms with E-state index in [1.807, 2.05) is 0 Å². The summed E-state index contributed by atoms with van der Waals surface area (Å²) in [5.41, 5.74) is -0.185. The van der Waals surface area contributed by atoms with Gasteiger partial charge in [-0.15, -0.1) is 0 Å². The normalized spacial score (nSPS) is 25.0. The van der Waals surface area contributed by atoms with Gasteiger partial charge < -0.3 is 20.3 Å². The van der Waals surface area contributed by atoms with Crippen molar-refractivity contribution in [3.63, 3.8) is 0 Å². The number of piperidine rings is 1. The van der Waals surface area contributed by atoms with Gasteiger partial charge in [0.15, 0.2) is 5.96 Å². The number of likely N-dealkylation sites (tertiary alicyclic amines) is 1. The van der Waals surface area contributed by atoms with Crippen molar-refractivity contribution >= 4 is 5.96 Å². The molecule has 21 heavy (non-hydrogen) atoms. The van der Waals surface area contributed by atoms with Crippen molar-refractivity contribution in [2.75, 3.05) is 46.9 Å². The van der Waals surface area contributed by atoms with Crippen molar-refractivity contribution < 1.29 is 4.74 Å². The van der Waals surface area contributed by atoms with Gasteiger partial charge >= 0.3 is 0 Å². The van der Waals surface area contributed by atoms with Crippen LogP contribution in [0.3, 0.4) is 0 Å². The topological polar surface area (TPSA) is 48.9 Å². The quantitative estimate of drug-likeness (QED) is 0.577. The molecule has 2 atom stereocenters. The van der Waals surface area contributed by atoms with E-state index >= 15 is 0 Å². The fourth-order valence-corrected chi connectivity index (χ4v) is 2.90. The first-order chi connectivity index (χ1) is 9.86. The molecule has 5 heteroatoms. The summed E-state index contributed by atoms with van der Waals surface area (Å²) in [5, 5.41) is 6.70. The van der Waals surface area contributed by atoms with Gasteiger partial charge in [0.2, 0.25) is 0 Å². The van der Waals surface area contributed by atoms with Crippen molar-refractivity contribution in [2.24, 2.45) is 16.8 Å². The van der Waals surface area contributed by atoms with E-state index in [1.165, 1.54) is 19.5 Å². The maximum atomic E-state index is 5.40. The third-order valence-corrected chi connectivity index (χ3v) is 4.12. The fourth-order valence-electron chi connectivity index (χ4n) is 2.90. The zero-order valence-corrected chi connectivity index (χ0v) is 14.7. The molecular weight excluding hydrogens is 264 g/mol. The highest BCUT2D eigenvalue weighted by Crippen LogP contribution is 2.20. The van der Waals surface area contributed by atoms with Crippen LogP contribution in [0.15, 0.2) is 4.99 Å². The Labute approximate surface area is 130 Å². The number of aliphatic imine (C=N–C) groups is 1. The zero-order valence-electron chi connectivity index (χ0n) is 14.7. The molecule has 1 saturated heterocycles. The summed E-state index contributed by atoms with van der Waals surface area (Å²) < 4.78 is 5.40. The number of hydrogen-bond donors (Lipinski definition) is 2. The Morgan fingerprint density at radius 2 is 1.86 bits per heavy atom. The standard InChI is InChI=1S/C16H34N4O/c1-13-9-14(2)11-20(10-13)8-7-18-15(17-5)19-12-16(3,4)21-6/h13-14H,7-12H2,1-6H3,(H2,17,18,19). The minimum Gasteiger partial charge on any atom is -0.377 e.